The van der Waals surface area contributed by atoms with E-state index >= 15 is 0 Å². The molecular formula is C31H32N4O2. The fourth-order valence-corrected chi connectivity index (χ4v) is 4.95. The maximum Gasteiger partial charge on any atom is 0.230 e. The number of nitrogens with zero attached hydrogens (tertiary/aromatic N) is 4. The summed E-state index contributed by atoms with van der Waals surface area (Å²) >= 11 is 0. The number of ketones is 1. The van der Waals surface area contributed by atoms with Crippen molar-refractivity contribution in [3.63, 3.8) is 0 Å². The topological polar surface area (TPSA) is 68.1 Å². The summed E-state index contributed by atoms with van der Waals surface area (Å²) < 4.78 is 11.0. The van der Waals surface area contributed by atoms with E-state index in [0.717, 1.165) is 59.7 Å². The minimum Gasteiger partial charge on any atom is -0.306 e. The molecule has 37 heavy (non-hydrogen) atoms. The summed E-state index contributed by atoms with van der Waals surface area (Å²) in [7, 11) is 1.93. The van der Waals surface area contributed by atoms with Crippen LogP contribution in [-0.2, 0) is 23.2 Å². The molecule has 0 N–H and O–H groups in total. The second-order valence-electron chi connectivity index (χ2n) is 9.76. The van der Waals surface area contributed by atoms with Gasteiger partial charge in [-0.15, -0.1) is 0 Å². The average molecular weight is 494 g/mol. The van der Waals surface area contributed by atoms with Crippen LogP contribution >= 0.6 is 0 Å². The summed E-state index contributed by atoms with van der Waals surface area (Å²) in [5.74, 6) is -0.199. The van der Waals surface area contributed by atoms with Crippen molar-refractivity contribution in [1.82, 2.24) is 14.8 Å². The normalized spacial score (nSPS) is 15.6. The van der Waals surface area contributed by atoms with Gasteiger partial charge in [0.1, 0.15) is 0 Å². The molecule has 1 aliphatic rings. The van der Waals surface area contributed by atoms with E-state index in [2.05, 4.69) is 28.3 Å². The van der Waals surface area contributed by atoms with Crippen LogP contribution in [0.15, 0.2) is 73.2 Å². The van der Waals surface area contributed by atoms with Gasteiger partial charge in [-0.05, 0) is 72.4 Å². The van der Waals surface area contributed by atoms with E-state index in [0.29, 0.717) is 11.3 Å². The van der Waals surface area contributed by atoms with Gasteiger partial charge in [0.05, 0.1) is 31.5 Å². The third kappa shape index (κ3) is 5.69. The van der Waals surface area contributed by atoms with Gasteiger partial charge in [-0.3, -0.25) is 19.3 Å². The SMILES string of the molecule is [2H]C(c1ccc(-c2ccc3c(cnn3C)c2)cc1)N(C(=O)C1CCCCC1)c1cncc(/C=C/C(C)=O)c1. The largest absolute Gasteiger partial charge is 0.306 e. The minimum absolute atomic E-state index is 0.0368. The molecule has 2 aromatic carbocycles. The molecule has 0 bridgehead atoms. The van der Waals surface area contributed by atoms with Crippen LogP contribution in [-0.4, -0.2) is 26.5 Å². The molecule has 1 saturated carbocycles. The Kier molecular flexibility index (Phi) is 6.88. The number of allylic oxidation sites excluding steroid dienone is 1. The summed E-state index contributed by atoms with van der Waals surface area (Å²) in [5.41, 5.74) is 5.19. The maximum atomic E-state index is 13.8. The number of fused-ring (bicyclic) bond motifs is 1. The highest BCUT2D eigenvalue weighted by Crippen LogP contribution is 2.30. The van der Waals surface area contributed by atoms with Crippen LogP contribution in [0.2, 0.25) is 0 Å². The zero-order valence-electron chi connectivity index (χ0n) is 22.3. The molecule has 5 rings (SSSR count). The molecule has 6 nitrogen and oxygen atoms in total. The van der Waals surface area contributed by atoms with Crippen LogP contribution in [0.5, 0.6) is 0 Å². The zero-order valence-corrected chi connectivity index (χ0v) is 21.3. The smallest absolute Gasteiger partial charge is 0.230 e. The quantitative estimate of drug-likeness (QED) is 0.281. The molecule has 1 amide bonds. The molecule has 6 heteroatoms. The number of carbonyl (C=O) groups is 2. The lowest BCUT2D eigenvalue weighted by Gasteiger charge is -2.29. The molecule has 0 radical (unpaired) electrons. The predicted octanol–water partition coefficient (Wildman–Crippen LogP) is 6.35. The zero-order chi connectivity index (χ0) is 26.6. The molecule has 2 aromatic heterocycles. The number of aryl methyl sites for hydroxylation is 1. The highest BCUT2D eigenvalue weighted by Gasteiger charge is 2.27. The summed E-state index contributed by atoms with van der Waals surface area (Å²) in [4.78, 5) is 31.1. The van der Waals surface area contributed by atoms with E-state index in [1.807, 2.05) is 48.3 Å². The second kappa shape index (κ2) is 10.9. The maximum absolute atomic E-state index is 13.8. The molecule has 188 valence electrons. The average Bonchev–Trinajstić information content (AvgIpc) is 3.32. The van der Waals surface area contributed by atoms with Crippen molar-refractivity contribution in [2.75, 3.05) is 4.90 Å². The van der Waals surface area contributed by atoms with Crippen molar-refractivity contribution in [3.05, 3.63) is 84.3 Å². The van der Waals surface area contributed by atoms with E-state index < -0.39 is 6.52 Å². The first-order valence-corrected chi connectivity index (χ1v) is 12.8. The number of carbonyl (C=O) groups excluding carboxylic acids is 2. The number of anilines is 1. The molecule has 1 unspecified atom stereocenters. The van der Waals surface area contributed by atoms with Gasteiger partial charge in [-0.1, -0.05) is 49.6 Å². The van der Waals surface area contributed by atoms with Gasteiger partial charge in [-0.25, -0.2) is 0 Å². The lowest BCUT2D eigenvalue weighted by Crippen LogP contribution is -2.36. The molecule has 4 aromatic rings. The fraction of sp³-hybridized carbons (Fsp3) is 0.290. The van der Waals surface area contributed by atoms with Gasteiger partial charge in [-0.2, -0.15) is 5.10 Å². The summed E-state index contributed by atoms with van der Waals surface area (Å²) in [5, 5.41) is 5.40. The minimum atomic E-state index is -0.923. The summed E-state index contributed by atoms with van der Waals surface area (Å²) in [6, 6.07) is 15.9. The van der Waals surface area contributed by atoms with Gasteiger partial charge < -0.3 is 4.90 Å². The Bertz CT molecular complexity index is 1490. The van der Waals surface area contributed by atoms with Crippen LogP contribution in [0.25, 0.3) is 28.1 Å². The van der Waals surface area contributed by atoms with Gasteiger partial charge >= 0.3 is 0 Å². The van der Waals surface area contributed by atoms with Crippen molar-refractivity contribution in [2.24, 2.45) is 13.0 Å². The molecule has 0 saturated heterocycles. The Hall–Kier alpha value is -4.06. The molecule has 0 spiro atoms. The van der Waals surface area contributed by atoms with Gasteiger partial charge in [0, 0.05) is 24.5 Å². The second-order valence-corrected chi connectivity index (χ2v) is 9.76. The van der Waals surface area contributed by atoms with Crippen molar-refractivity contribution >= 4 is 34.4 Å². The van der Waals surface area contributed by atoms with Crippen LogP contribution in [0.3, 0.4) is 0 Å². The number of pyridine rings is 1. The number of hydrogen-bond donors (Lipinski definition) is 0. The third-order valence-corrected chi connectivity index (χ3v) is 6.99. The number of rotatable bonds is 7. The van der Waals surface area contributed by atoms with Crippen LogP contribution in [0.1, 0.15) is 51.5 Å². The van der Waals surface area contributed by atoms with Crippen molar-refractivity contribution in [2.45, 2.75) is 45.5 Å². The van der Waals surface area contributed by atoms with Crippen molar-refractivity contribution in [3.8, 4) is 11.1 Å². The Labute approximate surface area is 219 Å². The lowest BCUT2D eigenvalue weighted by atomic mass is 9.88. The molecule has 2 heterocycles. The van der Waals surface area contributed by atoms with Crippen LogP contribution in [0, 0.1) is 5.92 Å². The fourth-order valence-electron chi connectivity index (χ4n) is 4.95. The Morgan fingerprint density at radius 2 is 1.78 bits per heavy atom. The Morgan fingerprint density at radius 1 is 1.03 bits per heavy atom. The van der Waals surface area contributed by atoms with E-state index in [9.17, 15) is 11.0 Å². The monoisotopic (exact) mass is 493 g/mol. The molecule has 1 aliphatic carbocycles. The summed E-state index contributed by atoms with van der Waals surface area (Å²) in [6.07, 6.45) is 13.2. The predicted molar refractivity (Wildman–Crippen MR) is 148 cm³/mol. The van der Waals surface area contributed by atoms with E-state index in [4.69, 9.17) is 0 Å². The first kappa shape index (κ1) is 23.3. The molecule has 1 atom stereocenters. The van der Waals surface area contributed by atoms with E-state index in [-0.39, 0.29) is 17.6 Å². The van der Waals surface area contributed by atoms with Gasteiger partial charge in [0.15, 0.2) is 5.78 Å². The standard InChI is InChI=1S/C31H32N4O2/c1-22(36)8-9-24-16-29(20-32-18-24)35(31(37)26-6-4-3-5-7-26)21-23-10-12-25(13-11-23)27-14-15-30-28(17-27)19-33-34(30)2/h8-20,26H,3-7,21H2,1-2H3/b9-8+/i21D. The number of benzene rings is 2. The van der Waals surface area contributed by atoms with Gasteiger partial charge in [0.2, 0.25) is 5.91 Å². The van der Waals surface area contributed by atoms with Gasteiger partial charge in [0.25, 0.3) is 0 Å². The highest BCUT2D eigenvalue weighted by atomic mass is 16.2. The third-order valence-electron chi connectivity index (χ3n) is 6.99. The Morgan fingerprint density at radius 3 is 2.54 bits per heavy atom. The van der Waals surface area contributed by atoms with E-state index in [1.54, 1.807) is 23.4 Å². The first-order chi connectivity index (χ1) is 18.4. The van der Waals surface area contributed by atoms with Crippen molar-refractivity contribution < 1.29 is 11.0 Å². The van der Waals surface area contributed by atoms with Crippen LogP contribution < -0.4 is 4.90 Å². The molecule has 1 fully saturated rings. The first-order valence-electron chi connectivity index (χ1n) is 13.4. The number of amides is 1. The number of aromatic nitrogens is 3. The highest BCUT2D eigenvalue weighted by molar-refractivity contribution is 5.96. The van der Waals surface area contributed by atoms with Crippen molar-refractivity contribution in [1.29, 1.82) is 0 Å². The lowest BCUT2D eigenvalue weighted by molar-refractivity contribution is -0.123. The Balaban J connectivity index is 1.46. The summed E-state index contributed by atoms with van der Waals surface area (Å²) in [6.45, 7) is 0.568. The van der Waals surface area contributed by atoms with Crippen LogP contribution in [0.4, 0.5) is 5.69 Å². The molecular weight excluding hydrogens is 460 g/mol. The molecule has 0 aliphatic heterocycles. The van der Waals surface area contributed by atoms with E-state index in [1.165, 1.54) is 13.0 Å². The number of hydrogen-bond acceptors (Lipinski definition) is 4.